The highest BCUT2D eigenvalue weighted by Gasteiger charge is 2.26. The Hall–Kier alpha value is -2.01. The van der Waals surface area contributed by atoms with Gasteiger partial charge in [0, 0.05) is 24.0 Å². The monoisotopic (exact) mass is 258 g/mol. The molecule has 0 saturated carbocycles. The fraction of sp³-hybridized carbons (Fsp3) is 0.357. The van der Waals surface area contributed by atoms with Gasteiger partial charge in [0.2, 0.25) is 0 Å². The molecule has 0 bridgehead atoms. The third-order valence-corrected chi connectivity index (χ3v) is 3.32. The molecule has 5 nitrogen and oxygen atoms in total. The maximum absolute atomic E-state index is 12.3. The van der Waals surface area contributed by atoms with Gasteiger partial charge in [0.05, 0.1) is 11.1 Å². The Kier molecular flexibility index (Phi) is 3.48. The van der Waals surface area contributed by atoms with Crippen molar-refractivity contribution < 1.29 is 4.79 Å². The smallest absolute Gasteiger partial charge is 0.254 e. The lowest BCUT2D eigenvalue weighted by atomic mass is 9.96. The molecule has 1 unspecified atom stereocenters. The Bertz CT molecular complexity index is 602. The van der Waals surface area contributed by atoms with Crippen LogP contribution in [-0.2, 0) is 0 Å². The minimum Gasteiger partial charge on any atom is -0.346 e. The van der Waals surface area contributed by atoms with Gasteiger partial charge in [-0.25, -0.2) is 0 Å². The van der Waals surface area contributed by atoms with Crippen molar-refractivity contribution in [2.75, 3.05) is 0 Å². The van der Waals surface area contributed by atoms with Crippen LogP contribution in [0.15, 0.2) is 30.6 Å². The van der Waals surface area contributed by atoms with Crippen molar-refractivity contribution >= 4 is 16.9 Å². The number of nitrogens with two attached hydrogens (primary N) is 1. The fourth-order valence-corrected chi connectivity index (χ4v) is 1.65. The number of nitrogens with one attached hydrogen (secondary N) is 1. The second-order valence-corrected chi connectivity index (χ2v) is 5.19. The van der Waals surface area contributed by atoms with Gasteiger partial charge < -0.3 is 11.1 Å². The van der Waals surface area contributed by atoms with Crippen LogP contribution in [-0.4, -0.2) is 27.5 Å². The van der Waals surface area contributed by atoms with Gasteiger partial charge in [0.1, 0.15) is 5.52 Å². The lowest BCUT2D eigenvalue weighted by Crippen LogP contribution is -2.54. The number of nitrogens with zero attached hydrogens (tertiary/aromatic N) is 2. The Labute approximate surface area is 112 Å². The predicted octanol–water partition coefficient (Wildman–Crippen LogP) is 1.49. The molecule has 1 atom stereocenters. The van der Waals surface area contributed by atoms with Crippen LogP contribution < -0.4 is 11.1 Å². The van der Waals surface area contributed by atoms with Crippen LogP contribution >= 0.6 is 0 Å². The van der Waals surface area contributed by atoms with E-state index < -0.39 is 5.54 Å². The maximum Gasteiger partial charge on any atom is 0.254 e. The first-order valence-electron chi connectivity index (χ1n) is 6.19. The largest absolute Gasteiger partial charge is 0.346 e. The molecule has 0 aliphatic carbocycles. The molecular formula is C14H18N4O. The standard InChI is InChI=1S/C14H18N4O/c1-9(15)14(2,3)18-13(19)10-5-4-6-11-12(10)17-8-7-16-11/h4-9H,15H2,1-3H3,(H,18,19). The second-order valence-electron chi connectivity index (χ2n) is 5.19. The van der Waals surface area contributed by atoms with Crippen LogP contribution in [0.5, 0.6) is 0 Å². The molecule has 0 spiro atoms. The van der Waals surface area contributed by atoms with Crippen molar-refractivity contribution in [3.8, 4) is 0 Å². The van der Waals surface area contributed by atoms with Crippen LogP contribution in [0.25, 0.3) is 11.0 Å². The van der Waals surface area contributed by atoms with Crippen molar-refractivity contribution in [2.24, 2.45) is 5.73 Å². The van der Waals surface area contributed by atoms with E-state index in [0.717, 1.165) is 0 Å². The van der Waals surface area contributed by atoms with Gasteiger partial charge >= 0.3 is 0 Å². The summed E-state index contributed by atoms with van der Waals surface area (Å²) in [5, 5.41) is 2.93. The van der Waals surface area contributed by atoms with Gasteiger partial charge in [0.15, 0.2) is 0 Å². The fourth-order valence-electron chi connectivity index (χ4n) is 1.65. The SMILES string of the molecule is CC(N)C(C)(C)NC(=O)c1cccc2nccnc12. The third-order valence-electron chi connectivity index (χ3n) is 3.32. The number of hydrogen-bond donors (Lipinski definition) is 2. The first kappa shape index (κ1) is 13.4. The number of aromatic nitrogens is 2. The van der Waals surface area contributed by atoms with Crippen molar-refractivity contribution in [3.05, 3.63) is 36.2 Å². The average molecular weight is 258 g/mol. The summed E-state index contributed by atoms with van der Waals surface area (Å²) >= 11 is 0. The molecule has 3 N–H and O–H groups in total. The van der Waals surface area contributed by atoms with Gasteiger partial charge in [-0.1, -0.05) is 6.07 Å². The minimum absolute atomic E-state index is 0.155. The summed E-state index contributed by atoms with van der Waals surface area (Å²) in [6.07, 6.45) is 3.19. The molecule has 1 amide bonds. The van der Waals surface area contributed by atoms with E-state index in [0.29, 0.717) is 16.6 Å². The number of fused-ring (bicyclic) bond motifs is 1. The summed E-state index contributed by atoms with van der Waals surface area (Å²) in [7, 11) is 0. The third kappa shape index (κ3) is 2.71. The highest BCUT2D eigenvalue weighted by atomic mass is 16.1. The van der Waals surface area contributed by atoms with E-state index in [9.17, 15) is 4.79 Å². The molecule has 100 valence electrons. The Morgan fingerprint density at radius 1 is 1.32 bits per heavy atom. The number of amides is 1. The molecule has 1 aromatic carbocycles. The highest BCUT2D eigenvalue weighted by molar-refractivity contribution is 6.04. The lowest BCUT2D eigenvalue weighted by Gasteiger charge is -2.30. The van der Waals surface area contributed by atoms with E-state index in [1.165, 1.54) is 0 Å². The summed E-state index contributed by atoms with van der Waals surface area (Å²) in [5.41, 5.74) is 7.20. The number of benzene rings is 1. The van der Waals surface area contributed by atoms with Gasteiger partial charge in [-0.15, -0.1) is 0 Å². The Morgan fingerprint density at radius 2 is 2.00 bits per heavy atom. The zero-order chi connectivity index (χ0) is 14.0. The van der Waals surface area contributed by atoms with Crippen molar-refractivity contribution in [3.63, 3.8) is 0 Å². The first-order valence-corrected chi connectivity index (χ1v) is 6.19. The maximum atomic E-state index is 12.3. The normalized spacial score (nSPS) is 13.3. The molecule has 0 aliphatic rings. The molecule has 1 aromatic heterocycles. The van der Waals surface area contributed by atoms with Crippen molar-refractivity contribution in [1.82, 2.24) is 15.3 Å². The summed E-state index contributed by atoms with van der Waals surface area (Å²) in [4.78, 5) is 20.8. The number of hydrogen-bond acceptors (Lipinski definition) is 4. The van der Waals surface area contributed by atoms with Gasteiger partial charge in [-0.05, 0) is 32.9 Å². The van der Waals surface area contributed by atoms with Gasteiger partial charge in [-0.2, -0.15) is 0 Å². The molecule has 1 heterocycles. The number of carbonyl (C=O) groups is 1. The molecular weight excluding hydrogens is 240 g/mol. The molecule has 0 radical (unpaired) electrons. The summed E-state index contributed by atoms with van der Waals surface area (Å²) in [6.45, 7) is 5.65. The van der Waals surface area contributed by atoms with E-state index in [4.69, 9.17) is 5.73 Å². The van der Waals surface area contributed by atoms with Crippen LogP contribution in [0.3, 0.4) is 0 Å². The number of carbonyl (C=O) groups excluding carboxylic acids is 1. The second kappa shape index (κ2) is 4.93. The summed E-state index contributed by atoms with van der Waals surface area (Å²) in [6, 6.07) is 5.21. The average Bonchev–Trinajstić information content (AvgIpc) is 2.37. The van der Waals surface area contributed by atoms with E-state index >= 15 is 0 Å². The highest BCUT2D eigenvalue weighted by Crippen LogP contribution is 2.15. The van der Waals surface area contributed by atoms with E-state index in [2.05, 4.69) is 15.3 Å². The van der Waals surface area contributed by atoms with Gasteiger partial charge in [0.25, 0.3) is 5.91 Å². The molecule has 0 fully saturated rings. The van der Waals surface area contributed by atoms with Crippen molar-refractivity contribution in [2.45, 2.75) is 32.4 Å². The topological polar surface area (TPSA) is 80.9 Å². The van der Waals surface area contributed by atoms with Crippen LogP contribution in [0.1, 0.15) is 31.1 Å². The molecule has 2 aromatic rings. The van der Waals surface area contributed by atoms with E-state index in [1.807, 2.05) is 26.8 Å². The van der Waals surface area contributed by atoms with Crippen LogP contribution in [0, 0.1) is 0 Å². The number of para-hydroxylation sites is 1. The molecule has 5 heteroatoms. The Morgan fingerprint density at radius 3 is 2.68 bits per heavy atom. The molecule has 0 aliphatic heterocycles. The molecule has 19 heavy (non-hydrogen) atoms. The molecule has 2 rings (SSSR count). The van der Waals surface area contributed by atoms with Crippen LogP contribution in [0.2, 0.25) is 0 Å². The minimum atomic E-state index is -0.485. The quantitative estimate of drug-likeness (QED) is 0.874. The zero-order valence-electron chi connectivity index (χ0n) is 11.3. The summed E-state index contributed by atoms with van der Waals surface area (Å²) in [5.74, 6) is -0.187. The lowest BCUT2D eigenvalue weighted by molar-refractivity contribution is 0.0905. The van der Waals surface area contributed by atoms with Crippen molar-refractivity contribution in [1.29, 1.82) is 0 Å². The van der Waals surface area contributed by atoms with Crippen LogP contribution in [0.4, 0.5) is 0 Å². The zero-order valence-corrected chi connectivity index (χ0v) is 11.3. The number of rotatable bonds is 3. The van der Waals surface area contributed by atoms with Gasteiger partial charge in [-0.3, -0.25) is 14.8 Å². The Balaban J connectivity index is 2.37. The van der Waals surface area contributed by atoms with E-state index in [-0.39, 0.29) is 11.9 Å². The first-order chi connectivity index (χ1) is 8.92. The molecule has 0 saturated heterocycles. The van der Waals surface area contributed by atoms with E-state index in [1.54, 1.807) is 24.5 Å². The predicted molar refractivity (Wildman–Crippen MR) is 74.7 cm³/mol. The summed E-state index contributed by atoms with van der Waals surface area (Å²) < 4.78 is 0.